The summed E-state index contributed by atoms with van der Waals surface area (Å²) in [6.07, 6.45) is 1.03. The maximum Gasteiger partial charge on any atom is 0.254 e. The summed E-state index contributed by atoms with van der Waals surface area (Å²) in [5.74, 6) is -0.677. The van der Waals surface area contributed by atoms with Gasteiger partial charge in [-0.1, -0.05) is 15.9 Å². The van der Waals surface area contributed by atoms with Crippen LogP contribution >= 0.6 is 15.9 Å². The molecule has 1 saturated heterocycles. The van der Waals surface area contributed by atoms with Crippen LogP contribution in [0.3, 0.4) is 0 Å². The molecule has 3 nitrogen and oxygen atoms in total. The molecule has 17 heavy (non-hydrogen) atoms. The van der Waals surface area contributed by atoms with Gasteiger partial charge >= 0.3 is 0 Å². The molecule has 92 valence electrons. The third-order valence-corrected chi connectivity index (χ3v) is 3.25. The van der Waals surface area contributed by atoms with Crippen molar-refractivity contribution in [1.82, 2.24) is 4.90 Å². The molecule has 1 aromatic rings. The van der Waals surface area contributed by atoms with E-state index in [9.17, 15) is 14.3 Å². The van der Waals surface area contributed by atoms with Crippen molar-refractivity contribution in [2.75, 3.05) is 13.1 Å². The summed E-state index contributed by atoms with van der Waals surface area (Å²) >= 11 is 3.16. The lowest BCUT2D eigenvalue weighted by Crippen LogP contribution is -2.42. The molecule has 0 radical (unpaired) electrons. The first-order valence-electron chi connectivity index (χ1n) is 5.49. The Balaban J connectivity index is 2.18. The van der Waals surface area contributed by atoms with E-state index in [0.717, 1.165) is 12.8 Å². The topological polar surface area (TPSA) is 40.5 Å². The molecule has 0 aromatic heterocycles. The zero-order chi connectivity index (χ0) is 12.4. The van der Waals surface area contributed by atoms with Crippen molar-refractivity contribution < 1.29 is 14.3 Å². The molecule has 1 fully saturated rings. The van der Waals surface area contributed by atoms with E-state index in [4.69, 9.17) is 0 Å². The average Bonchev–Trinajstić information content (AvgIpc) is 2.26. The van der Waals surface area contributed by atoms with E-state index in [-0.39, 0.29) is 5.91 Å². The monoisotopic (exact) mass is 301 g/mol. The van der Waals surface area contributed by atoms with E-state index in [2.05, 4.69) is 15.9 Å². The van der Waals surface area contributed by atoms with Gasteiger partial charge in [0.25, 0.3) is 5.91 Å². The first-order chi connectivity index (χ1) is 8.06. The molecular formula is C12H13BrFNO2. The Kier molecular flexibility index (Phi) is 3.79. The Hall–Kier alpha value is -0.940. The number of benzene rings is 1. The SMILES string of the molecule is O=C(c1cc(F)cc(Br)c1)N1CCCC(O)C1. The van der Waals surface area contributed by atoms with Crippen LogP contribution in [-0.2, 0) is 0 Å². The van der Waals surface area contributed by atoms with Crippen LogP contribution in [0.1, 0.15) is 23.2 Å². The normalized spacial score (nSPS) is 20.4. The molecule has 1 aromatic carbocycles. The highest BCUT2D eigenvalue weighted by Gasteiger charge is 2.23. The van der Waals surface area contributed by atoms with Crippen LogP contribution in [0.25, 0.3) is 0 Å². The number of carbonyl (C=O) groups excluding carboxylic acids is 1. The predicted octanol–water partition coefficient (Wildman–Crippen LogP) is 2.19. The summed E-state index contributed by atoms with van der Waals surface area (Å²) in [5.41, 5.74) is 0.311. The summed E-state index contributed by atoms with van der Waals surface area (Å²) in [6.45, 7) is 0.941. The van der Waals surface area contributed by atoms with Gasteiger partial charge in [0.15, 0.2) is 0 Å². The number of halogens is 2. The summed E-state index contributed by atoms with van der Waals surface area (Å²) in [7, 11) is 0. The number of carbonyl (C=O) groups is 1. The molecule has 0 spiro atoms. The molecule has 1 aliphatic rings. The summed E-state index contributed by atoms with van der Waals surface area (Å²) in [4.78, 5) is 13.6. The second-order valence-electron chi connectivity index (χ2n) is 4.21. The molecule has 1 N–H and O–H groups in total. The van der Waals surface area contributed by atoms with Crippen molar-refractivity contribution in [3.05, 3.63) is 34.1 Å². The number of hydrogen-bond acceptors (Lipinski definition) is 2. The summed E-state index contributed by atoms with van der Waals surface area (Å²) in [5, 5.41) is 9.51. The third-order valence-electron chi connectivity index (χ3n) is 2.79. The molecular weight excluding hydrogens is 289 g/mol. The second-order valence-corrected chi connectivity index (χ2v) is 5.12. The van der Waals surface area contributed by atoms with E-state index in [1.54, 1.807) is 11.0 Å². The highest BCUT2D eigenvalue weighted by molar-refractivity contribution is 9.10. The van der Waals surface area contributed by atoms with E-state index in [1.165, 1.54) is 12.1 Å². The van der Waals surface area contributed by atoms with Crippen molar-refractivity contribution in [2.45, 2.75) is 18.9 Å². The number of likely N-dealkylation sites (tertiary alicyclic amines) is 1. The van der Waals surface area contributed by atoms with Gasteiger partial charge in [-0.2, -0.15) is 0 Å². The third kappa shape index (κ3) is 3.04. The van der Waals surface area contributed by atoms with Crippen LogP contribution in [0.15, 0.2) is 22.7 Å². The van der Waals surface area contributed by atoms with Crippen LogP contribution in [0.4, 0.5) is 4.39 Å². The van der Waals surface area contributed by atoms with Gasteiger partial charge in [0, 0.05) is 23.1 Å². The quantitative estimate of drug-likeness (QED) is 0.864. The van der Waals surface area contributed by atoms with Crippen molar-refractivity contribution in [1.29, 1.82) is 0 Å². The van der Waals surface area contributed by atoms with E-state index >= 15 is 0 Å². The molecule has 1 heterocycles. The van der Waals surface area contributed by atoms with E-state index in [1.807, 2.05) is 0 Å². The van der Waals surface area contributed by atoms with Crippen LogP contribution in [-0.4, -0.2) is 35.1 Å². The number of nitrogens with zero attached hydrogens (tertiary/aromatic N) is 1. The van der Waals surface area contributed by atoms with Gasteiger partial charge in [-0.05, 0) is 31.0 Å². The number of piperidine rings is 1. The number of rotatable bonds is 1. The van der Waals surface area contributed by atoms with Crippen molar-refractivity contribution in [3.63, 3.8) is 0 Å². The van der Waals surface area contributed by atoms with Crippen LogP contribution < -0.4 is 0 Å². The molecule has 1 amide bonds. The predicted molar refractivity (Wildman–Crippen MR) is 65.2 cm³/mol. The van der Waals surface area contributed by atoms with Crippen molar-refractivity contribution >= 4 is 21.8 Å². The second kappa shape index (κ2) is 5.14. The Morgan fingerprint density at radius 2 is 2.24 bits per heavy atom. The average molecular weight is 302 g/mol. The fourth-order valence-electron chi connectivity index (χ4n) is 2.00. The number of β-amino-alcohol motifs (C(OH)–C–C–N with tert-alkyl or cyclic N) is 1. The Morgan fingerprint density at radius 1 is 1.47 bits per heavy atom. The molecule has 5 heteroatoms. The Morgan fingerprint density at radius 3 is 2.88 bits per heavy atom. The van der Waals surface area contributed by atoms with Crippen LogP contribution in [0, 0.1) is 5.82 Å². The zero-order valence-electron chi connectivity index (χ0n) is 9.20. The van der Waals surface area contributed by atoms with Gasteiger partial charge in [-0.25, -0.2) is 4.39 Å². The summed E-state index contributed by atoms with van der Waals surface area (Å²) < 4.78 is 13.7. The van der Waals surface area contributed by atoms with Gasteiger partial charge in [0.2, 0.25) is 0 Å². The Labute approximate surface area is 107 Å². The van der Waals surface area contributed by atoms with Crippen molar-refractivity contribution in [2.24, 2.45) is 0 Å². The highest BCUT2D eigenvalue weighted by Crippen LogP contribution is 2.18. The van der Waals surface area contributed by atoms with E-state index < -0.39 is 11.9 Å². The first-order valence-corrected chi connectivity index (χ1v) is 6.29. The number of amides is 1. The largest absolute Gasteiger partial charge is 0.391 e. The van der Waals surface area contributed by atoms with E-state index in [0.29, 0.717) is 23.1 Å². The van der Waals surface area contributed by atoms with Crippen LogP contribution in [0.2, 0.25) is 0 Å². The highest BCUT2D eigenvalue weighted by atomic mass is 79.9. The first kappa shape index (κ1) is 12.5. The number of aliphatic hydroxyl groups excluding tert-OH is 1. The fraction of sp³-hybridized carbons (Fsp3) is 0.417. The van der Waals surface area contributed by atoms with Gasteiger partial charge in [-0.15, -0.1) is 0 Å². The minimum absolute atomic E-state index is 0.232. The van der Waals surface area contributed by atoms with Gasteiger partial charge in [-0.3, -0.25) is 4.79 Å². The molecule has 1 atom stereocenters. The molecule has 0 saturated carbocycles. The Bertz CT molecular complexity index is 418. The van der Waals surface area contributed by atoms with Crippen molar-refractivity contribution in [3.8, 4) is 0 Å². The van der Waals surface area contributed by atoms with Gasteiger partial charge < -0.3 is 10.0 Å². The fourth-order valence-corrected chi connectivity index (χ4v) is 2.46. The standard InChI is InChI=1S/C12H13BrFNO2/c13-9-4-8(5-10(14)6-9)12(17)15-3-1-2-11(16)7-15/h4-6,11,16H,1-3,7H2. The molecule has 1 unspecified atom stereocenters. The lowest BCUT2D eigenvalue weighted by atomic mass is 10.1. The maximum atomic E-state index is 13.2. The zero-order valence-corrected chi connectivity index (χ0v) is 10.8. The lowest BCUT2D eigenvalue weighted by Gasteiger charge is -2.30. The lowest BCUT2D eigenvalue weighted by molar-refractivity contribution is 0.0473. The van der Waals surface area contributed by atoms with Crippen LogP contribution in [0.5, 0.6) is 0 Å². The molecule has 2 rings (SSSR count). The smallest absolute Gasteiger partial charge is 0.254 e. The summed E-state index contributed by atoms with van der Waals surface area (Å²) in [6, 6.07) is 4.11. The maximum absolute atomic E-state index is 13.2. The number of aliphatic hydroxyl groups is 1. The molecule has 0 aliphatic carbocycles. The molecule has 0 bridgehead atoms. The number of hydrogen-bond donors (Lipinski definition) is 1. The minimum Gasteiger partial charge on any atom is -0.391 e. The van der Waals surface area contributed by atoms with Gasteiger partial charge in [0.1, 0.15) is 5.82 Å². The minimum atomic E-state index is -0.468. The molecule has 1 aliphatic heterocycles. The van der Waals surface area contributed by atoms with Gasteiger partial charge in [0.05, 0.1) is 6.10 Å².